The molecule has 1 saturated heterocycles. The number of aromatic nitrogens is 2. The fourth-order valence-corrected chi connectivity index (χ4v) is 3.88. The van der Waals surface area contributed by atoms with Gasteiger partial charge in [0, 0.05) is 31.7 Å². The average Bonchev–Trinajstić information content (AvgIpc) is 2.99. The fraction of sp³-hybridized carbons (Fsp3) is 0.565. The van der Waals surface area contributed by atoms with Crippen LogP contribution in [0.25, 0.3) is 0 Å². The summed E-state index contributed by atoms with van der Waals surface area (Å²) in [6.45, 7) is 15.0. The summed E-state index contributed by atoms with van der Waals surface area (Å²) in [4.78, 5) is 28.0. The second-order valence-corrected chi connectivity index (χ2v) is 9.58. The van der Waals surface area contributed by atoms with Gasteiger partial charge in [-0.15, -0.1) is 0 Å². The lowest BCUT2D eigenvalue weighted by Gasteiger charge is -2.36. The average molecular weight is 428 g/mol. The summed E-state index contributed by atoms with van der Waals surface area (Å²) < 4.78 is 1.64. The molecule has 0 atom stereocenters. The van der Waals surface area contributed by atoms with Crippen LogP contribution in [0.15, 0.2) is 24.3 Å². The number of nitro groups is 1. The zero-order chi connectivity index (χ0) is 22.8. The maximum atomic E-state index is 12.9. The molecule has 0 N–H and O–H groups in total. The number of hydrogen-bond donors (Lipinski definition) is 0. The van der Waals surface area contributed by atoms with Crippen molar-refractivity contribution < 1.29 is 9.72 Å². The second kappa shape index (κ2) is 9.18. The van der Waals surface area contributed by atoms with Crippen molar-refractivity contribution in [2.24, 2.45) is 5.41 Å². The van der Waals surface area contributed by atoms with Gasteiger partial charge in [-0.1, -0.05) is 32.9 Å². The minimum absolute atomic E-state index is 0.0590. The van der Waals surface area contributed by atoms with Crippen molar-refractivity contribution in [3.05, 3.63) is 56.9 Å². The maximum absolute atomic E-state index is 12.9. The van der Waals surface area contributed by atoms with Crippen molar-refractivity contribution >= 4 is 11.6 Å². The molecule has 168 valence electrons. The predicted molar refractivity (Wildman–Crippen MR) is 120 cm³/mol. The van der Waals surface area contributed by atoms with E-state index in [9.17, 15) is 14.9 Å². The molecule has 0 aliphatic carbocycles. The third-order valence-corrected chi connectivity index (χ3v) is 5.90. The second-order valence-electron chi connectivity index (χ2n) is 9.58. The summed E-state index contributed by atoms with van der Waals surface area (Å²) in [5, 5.41) is 15.5. The molecule has 0 spiro atoms. The Morgan fingerprint density at radius 1 is 1.10 bits per heavy atom. The van der Waals surface area contributed by atoms with Crippen LogP contribution in [-0.2, 0) is 6.54 Å². The van der Waals surface area contributed by atoms with Gasteiger partial charge in [-0.3, -0.25) is 24.5 Å². The van der Waals surface area contributed by atoms with Gasteiger partial charge in [0.25, 0.3) is 5.91 Å². The molecule has 1 aromatic carbocycles. The molecule has 31 heavy (non-hydrogen) atoms. The van der Waals surface area contributed by atoms with Crippen LogP contribution < -0.4 is 0 Å². The topological polar surface area (TPSA) is 84.5 Å². The van der Waals surface area contributed by atoms with Crippen LogP contribution in [0.4, 0.5) is 5.69 Å². The van der Waals surface area contributed by atoms with Gasteiger partial charge in [0.2, 0.25) is 0 Å². The third kappa shape index (κ3) is 5.70. The number of carbonyl (C=O) groups excluding carboxylic acids is 1. The van der Waals surface area contributed by atoms with Gasteiger partial charge >= 0.3 is 5.69 Å². The maximum Gasteiger partial charge on any atom is 0.312 e. The number of rotatable bonds is 6. The van der Waals surface area contributed by atoms with Crippen LogP contribution in [0.2, 0.25) is 0 Å². The van der Waals surface area contributed by atoms with Gasteiger partial charge in [0.05, 0.1) is 11.5 Å². The summed E-state index contributed by atoms with van der Waals surface area (Å²) in [7, 11) is 0. The van der Waals surface area contributed by atoms with E-state index in [1.165, 1.54) is 0 Å². The van der Waals surface area contributed by atoms with E-state index in [1.807, 2.05) is 29.2 Å². The Labute approximate surface area is 184 Å². The first-order valence-electron chi connectivity index (χ1n) is 10.8. The van der Waals surface area contributed by atoms with E-state index in [0.717, 1.165) is 44.7 Å². The molecule has 0 saturated carbocycles. The number of benzene rings is 1. The summed E-state index contributed by atoms with van der Waals surface area (Å²) in [6, 6.07) is 7.47. The lowest BCUT2D eigenvalue weighted by Crippen LogP contribution is -2.49. The smallest absolute Gasteiger partial charge is 0.312 e. The largest absolute Gasteiger partial charge is 0.336 e. The first-order valence-corrected chi connectivity index (χ1v) is 10.8. The molecule has 1 amide bonds. The highest BCUT2D eigenvalue weighted by Crippen LogP contribution is 2.23. The van der Waals surface area contributed by atoms with E-state index < -0.39 is 4.92 Å². The molecule has 8 heteroatoms. The molecule has 2 heterocycles. The molecule has 1 aromatic heterocycles. The first-order chi connectivity index (χ1) is 14.5. The molecule has 3 rings (SSSR count). The van der Waals surface area contributed by atoms with Crippen LogP contribution in [-0.4, -0.2) is 63.1 Å². The Morgan fingerprint density at radius 2 is 1.71 bits per heavy atom. The molecule has 1 fully saturated rings. The number of hydrogen-bond acceptors (Lipinski definition) is 5. The van der Waals surface area contributed by atoms with E-state index >= 15 is 0 Å². The molecule has 1 aliphatic heterocycles. The Morgan fingerprint density at radius 3 is 2.23 bits per heavy atom. The predicted octanol–water partition coefficient (Wildman–Crippen LogP) is 3.65. The van der Waals surface area contributed by atoms with Gasteiger partial charge < -0.3 is 4.90 Å². The van der Waals surface area contributed by atoms with Crippen molar-refractivity contribution in [1.82, 2.24) is 19.6 Å². The molecule has 0 bridgehead atoms. The van der Waals surface area contributed by atoms with Gasteiger partial charge in [-0.05, 0) is 49.9 Å². The molecule has 8 nitrogen and oxygen atoms in total. The highest BCUT2D eigenvalue weighted by atomic mass is 16.6. The number of carbonyl (C=O) groups is 1. The van der Waals surface area contributed by atoms with Gasteiger partial charge in [0.1, 0.15) is 11.4 Å². The zero-order valence-electron chi connectivity index (χ0n) is 19.2. The van der Waals surface area contributed by atoms with Crippen LogP contribution in [0.1, 0.15) is 54.5 Å². The van der Waals surface area contributed by atoms with Crippen molar-refractivity contribution in [3.63, 3.8) is 0 Å². The minimum atomic E-state index is -0.390. The summed E-state index contributed by atoms with van der Waals surface area (Å²) in [5.74, 6) is 0.0590. The number of amides is 1. The van der Waals surface area contributed by atoms with Gasteiger partial charge in [0.15, 0.2) is 0 Å². The highest BCUT2D eigenvalue weighted by molar-refractivity contribution is 5.94. The van der Waals surface area contributed by atoms with Crippen LogP contribution in [0.5, 0.6) is 0 Å². The fourth-order valence-electron chi connectivity index (χ4n) is 3.88. The van der Waals surface area contributed by atoms with E-state index in [1.54, 1.807) is 18.5 Å². The van der Waals surface area contributed by atoms with Crippen LogP contribution in [0, 0.1) is 29.4 Å². The third-order valence-electron chi connectivity index (χ3n) is 5.90. The molecule has 1 aliphatic rings. The lowest BCUT2D eigenvalue weighted by molar-refractivity contribution is -0.386. The van der Waals surface area contributed by atoms with Crippen molar-refractivity contribution in [2.45, 2.75) is 47.6 Å². The van der Waals surface area contributed by atoms with Crippen molar-refractivity contribution in [3.8, 4) is 0 Å². The zero-order valence-corrected chi connectivity index (χ0v) is 19.2. The normalized spacial score (nSPS) is 15.3. The summed E-state index contributed by atoms with van der Waals surface area (Å²) >= 11 is 0. The number of nitrogens with zero attached hydrogens (tertiary/aromatic N) is 5. The van der Waals surface area contributed by atoms with Crippen molar-refractivity contribution in [1.29, 1.82) is 0 Å². The number of aryl methyl sites for hydroxylation is 1. The highest BCUT2D eigenvalue weighted by Gasteiger charge is 2.24. The lowest BCUT2D eigenvalue weighted by atomic mass is 9.92. The van der Waals surface area contributed by atoms with E-state index in [4.69, 9.17) is 0 Å². The Balaban J connectivity index is 1.58. The van der Waals surface area contributed by atoms with E-state index in [-0.39, 0.29) is 11.6 Å². The van der Waals surface area contributed by atoms with Gasteiger partial charge in [-0.25, -0.2) is 0 Å². The molecular weight excluding hydrogens is 394 g/mol. The minimum Gasteiger partial charge on any atom is -0.336 e. The summed E-state index contributed by atoms with van der Waals surface area (Å²) in [5.41, 5.74) is 2.96. The standard InChI is InChI=1S/C23H33N5O3/c1-17-21(28(30)31)18(2)27(24-17)16-19-6-8-20(9-7-19)22(29)26-14-12-25(13-15-26)11-10-23(3,4)5/h6-9H,10-16H2,1-5H3. The molecular formula is C23H33N5O3. The summed E-state index contributed by atoms with van der Waals surface area (Å²) in [6.07, 6.45) is 1.15. The molecule has 0 radical (unpaired) electrons. The van der Waals surface area contributed by atoms with Gasteiger partial charge in [-0.2, -0.15) is 5.10 Å². The molecule has 2 aromatic rings. The van der Waals surface area contributed by atoms with E-state index in [0.29, 0.717) is 28.9 Å². The van der Waals surface area contributed by atoms with Crippen LogP contribution >= 0.6 is 0 Å². The quantitative estimate of drug-likeness (QED) is 0.519. The monoisotopic (exact) mass is 427 g/mol. The SMILES string of the molecule is Cc1nn(Cc2ccc(C(=O)N3CCN(CCC(C)(C)C)CC3)cc2)c(C)c1[N+](=O)[O-]. The Kier molecular flexibility index (Phi) is 6.79. The molecule has 0 unspecified atom stereocenters. The number of piperazine rings is 1. The van der Waals surface area contributed by atoms with E-state index in [2.05, 4.69) is 30.8 Å². The Bertz CT molecular complexity index is 935. The Hall–Kier alpha value is -2.74. The first kappa shape index (κ1) is 22.9. The van der Waals surface area contributed by atoms with Crippen LogP contribution in [0.3, 0.4) is 0 Å². The van der Waals surface area contributed by atoms with Crippen molar-refractivity contribution in [2.75, 3.05) is 32.7 Å².